The van der Waals surface area contributed by atoms with E-state index in [4.69, 9.17) is 4.74 Å². The highest BCUT2D eigenvalue weighted by atomic mass is 28.1. The Morgan fingerprint density at radius 1 is 1.19 bits per heavy atom. The number of hydrogen-bond acceptors (Lipinski definition) is 1. The van der Waals surface area contributed by atoms with E-state index in [1.807, 2.05) is 25.1 Å². The molecule has 16 heavy (non-hydrogen) atoms. The number of allylic oxidation sites excluding steroid dienone is 1. The van der Waals surface area contributed by atoms with Gasteiger partial charge >= 0.3 is 0 Å². The average Bonchev–Trinajstić information content (AvgIpc) is 2.29. The molecule has 2 rings (SSSR count). The molecule has 0 atom stereocenters. The monoisotopic (exact) mass is 225 g/mol. The van der Waals surface area contributed by atoms with Gasteiger partial charge in [-0.05, 0) is 23.9 Å². The first-order valence-electron chi connectivity index (χ1n) is 5.19. The Morgan fingerprint density at radius 2 is 1.88 bits per heavy atom. The highest BCUT2D eigenvalue weighted by Crippen LogP contribution is 2.30. The number of benzene rings is 2. The Labute approximate surface area is 99.2 Å². The minimum atomic E-state index is 0.496. The normalized spacial score (nSPS) is 10.4. The molecule has 3 radical (unpaired) electrons. The third-order valence-corrected chi connectivity index (χ3v) is 2.71. The number of fused-ring (bicyclic) bond motifs is 1. The van der Waals surface area contributed by atoms with Crippen molar-refractivity contribution in [2.45, 2.75) is 6.92 Å². The van der Waals surface area contributed by atoms with Crippen LogP contribution in [-0.4, -0.2) is 16.5 Å². The van der Waals surface area contributed by atoms with Crippen LogP contribution >= 0.6 is 0 Å². The molecule has 0 saturated carbocycles. The summed E-state index contributed by atoms with van der Waals surface area (Å²) in [5.74, 6) is 0.899. The Hall–Kier alpha value is -1.54. The van der Waals surface area contributed by atoms with Gasteiger partial charge in [0.15, 0.2) is 0 Å². The third kappa shape index (κ3) is 1.88. The van der Waals surface area contributed by atoms with Crippen molar-refractivity contribution in [1.82, 2.24) is 0 Å². The fraction of sp³-hybridized carbons (Fsp3) is 0.143. The van der Waals surface area contributed by atoms with Crippen LogP contribution in [0.1, 0.15) is 12.5 Å². The Balaban J connectivity index is 2.71. The van der Waals surface area contributed by atoms with Crippen molar-refractivity contribution in [2.24, 2.45) is 0 Å². The van der Waals surface area contributed by atoms with Gasteiger partial charge in [-0.1, -0.05) is 42.5 Å². The van der Waals surface area contributed by atoms with Crippen molar-refractivity contribution in [3.8, 4) is 5.75 Å². The lowest BCUT2D eigenvalue weighted by atomic mass is 10.00. The van der Waals surface area contributed by atoms with Crippen LogP contribution in [0.3, 0.4) is 0 Å². The highest BCUT2D eigenvalue weighted by molar-refractivity contribution is 6.08. The number of ether oxygens (including phenoxy) is 1. The van der Waals surface area contributed by atoms with Gasteiger partial charge in [0.2, 0.25) is 0 Å². The molecular weight excluding hydrogens is 212 g/mol. The summed E-state index contributed by atoms with van der Waals surface area (Å²) < 4.78 is 5.54. The fourth-order valence-electron chi connectivity index (χ4n) is 1.86. The Kier molecular flexibility index (Phi) is 3.11. The first-order valence-corrected chi connectivity index (χ1v) is 5.90. The van der Waals surface area contributed by atoms with Crippen LogP contribution in [0.15, 0.2) is 43.0 Å². The van der Waals surface area contributed by atoms with E-state index in [1.165, 1.54) is 10.9 Å². The Bertz CT molecular complexity index is 531. The lowest BCUT2D eigenvalue weighted by molar-refractivity contribution is 0.392. The fourth-order valence-corrected chi connectivity index (χ4v) is 2.01. The van der Waals surface area contributed by atoms with Crippen LogP contribution in [-0.2, 0) is 0 Å². The van der Waals surface area contributed by atoms with Crippen molar-refractivity contribution in [3.05, 3.63) is 48.5 Å². The molecule has 0 fully saturated rings. The second-order valence-electron chi connectivity index (χ2n) is 3.73. The summed E-state index contributed by atoms with van der Waals surface area (Å²) in [6.07, 6.45) is 0.496. The summed E-state index contributed by atoms with van der Waals surface area (Å²) in [7, 11) is 3.33. The lowest BCUT2D eigenvalue weighted by Gasteiger charge is -2.10. The minimum absolute atomic E-state index is 0.496. The van der Waals surface area contributed by atoms with Crippen LogP contribution in [0.2, 0.25) is 0 Å². The zero-order chi connectivity index (χ0) is 11.5. The second kappa shape index (κ2) is 4.54. The molecule has 0 bridgehead atoms. The molecule has 2 heteroatoms. The van der Waals surface area contributed by atoms with Gasteiger partial charge in [-0.15, -0.1) is 0 Å². The van der Waals surface area contributed by atoms with E-state index in [2.05, 4.69) is 35.0 Å². The molecule has 79 valence electrons. The molecule has 0 saturated heterocycles. The average molecular weight is 225 g/mol. The second-order valence-corrected chi connectivity index (χ2v) is 4.01. The van der Waals surface area contributed by atoms with Crippen LogP contribution in [0.4, 0.5) is 0 Å². The summed E-state index contributed by atoms with van der Waals surface area (Å²) in [4.78, 5) is 0. The zero-order valence-corrected chi connectivity index (χ0v) is 10.3. The van der Waals surface area contributed by atoms with Gasteiger partial charge in [-0.3, -0.25) is 0 Å². The SMILES string of the molecule is C=C(C)c1cccc2c(OC[Si])cccc12. The van der Waals surface area contributed by atoms with Crippen molar-refractivity contribution >= 4 is 26.6 Å². The molecule has 0 unspecified atom stereocenters. The van der Waals surface area contributed by atoms with Crippen molar-refractivity contribution in [3.63, 3.8) is 0 Å². The van der Waals surface area contributed by atoms with Gasteiger partial charge in [0.05, 0.1) is 16.5 Å². The van der Waals surface area contributed by atoms with Crippen molar-refractivity contribution in [2.75, 3.05) is 6.23 Å². The molecule has 0 heterocycles. The quantitative estimate of drug-likeness (QED) is 0.728. The molecule has 2 aromatic rings. The van der Waals surface area contributed by atoms with Crippen molar-refractivity contribution < 1.29 is 4.74 Å². The van der Waals surface area contributed by atoms with E-state index in [0.717, 1.165) is 16.7 Å². The molecule has 1 nitrogen and oxygen atoms in total. The standard InChI is InChI=1S/C14H13OSi/c1-10(2)11-5-3-7-13-12(11)6-4-8-14(13)15-9-16/h3-8H,1,9H2,2H3. The molecule has 0 amide bonds. The van der Waals surface area contributed by atoms with E-state index in [9.17, 15) is 0 Å². The lowest BCUT2D eigenvalue weighted by Crippen LogP contribution is -1.96. The molecule has 0 aliphatic carbocycles. The minimum Gasteiger partial charge on any atom is -0.497 e. The van der Waals surface area contributed by atoms with Gasteiger partial charge in [0, 0.05) is 5.39 Å². The molecule has 0 aliphatic heterocycles. The topological polar surface area (TPSA) is 9.23 Å². The van der Waals surface area contributed by atoms with E-state index in [0.29, 0.717) is 6.23 Å². The number of hydrogen-bond donors (Lipinski definition) is 0. The van der Waals surface area contributed by atoms with E-state index in [-0.39, 0.29) is 0 Å². The molecule has 0 aromatic heterocycles. The summed E-state index contributed by atoms with van der Waals surface area (Å²) in [6, 6.07) is 12.3. The van der Waals surface area contributed by atoms with E-state index >= 15 is 0 Å². The molecule has 0 aliphatic rings. The zero-order valence-electron chi connectivity index (χ0n) is 9.29. The largest absolute Gasteiger partial charge is 0.497 e. The van der Waals surface area contributed by atoms with Gasteiger partial charge in [-0.2, -0.15) is 0 Å². The van der Waals surface area contributed by atoms with Gasteiger partial charge in [0.25, 0.3) is 0 Å². The third-order valence-electron chi connectivity index (χ3n) is 2.57. The van der Waals surface area contributed by atoms with E-state index < -0.39 is 0 Å². The van der Waals surface area contributed by atoms with Gasteiger partial charge in [-0.25, -0.2) is 0 Å². The maximum absolute atomic E-state index is 5.54. The predicted octanol–water partition coefficient (Wildman–Crippen LogP) is 3.38. The highest BCUT2D eigenvalue weighted by Gasteiger charge is 2.05. The van der Waals surface area contributed by atoms with Crippen LogP contribution in [0, 0.1) is 0 Å². The maximum Gasteiger partial charge on any atom is 0.126 e. The van der Waals surface area contributed by atoms with Crippen LogP contribution in [0.5, 0.6) is 5.75 Å². The van der Waals surface area contributed by atoms with Crippen LogP contribution < -0.4 is 4.74 Å². The Morgan fingerprint density at radius 3 is 2.56 bits per heavy atom. The number of rotatable bonds is 3. The molecule has 0 N–H and O–H groups in total. The summed E-state index contributed by atoms with van der Waals surface area (Å²) >= 11 is 0. The van der Waals surface area contributed by atoms with Gasteiger partial charge < -0.3 is 4.74 Å². The molecular formula is C14H13OSi. The molecule has 0 spiro atoms. The summed E-state index contributed by atoms with van der Waals surface area (Å²) in [5, 5.41) is 2.31. The predicted molar refractivity (Wildman–Crippen MR) is 69.9 cm³/mol. The first-order chi connectivity index (χ1) is 7.74. The smallest absolute Gasteiger partial charge is 0.126 e. The van der Waals surface area contributed by atoms with Crippen LogP contribution in [0.25, 0.3) is 16.3 Å². The molecule has 2 aromatic carbocycles. The summed E-state index contributed by atoms with van der Waals surface area (Å²) in [5.41, 5.74) is 2.25. The first kappa shape index (κ1) is 11.0. The van der Waals surface area contributed by atoms with E-state index in [1.54, 1.807) is 0 Å². The maximum atomic E-state index is 5.54. The summed E-state index contributed by atoms with van der Waals surface area (Å²) in [6.45, 7) is 6.02. The van der Waals surface area contributed by atoms with Crippen molar-refractivity contribution in [1.29, 1.82) is 0 Å². The van der Waals surface area contributed by atoms with Gasteiger partial charge in [0.1, 0.15) is 5.75 Å².